The lowest BCUT2D eigenvalue weighted by Crippen LogP contribution is -2.22. The highest BCUT2D eigenvalue weighted by Crippen LogP contribution is 2.20. The Morgan fingerprint density at radius 3 is 2.29 bits per heavy atom. The molecule has 0 atom stereocenters. The van der Waals surface area contributed by atoms with Gasteiger partial charge in [-0.05, 0) is 24.3 Å². The van der Waals surface area contributed by atoms with Crippen LogP contribution in [0, 0.1) is 5.41 Å². The summed E-state index contributed by atoms with van der Waals surface area (Å²) in [5.41, 5.74) is 0.190. The Balaban J connectivity index is 2.73. The summed E-state index contributed by atoms with van der Waals surface area (Å²) < 4.78 is 1.11. The first kappa shape index (κ1) is 14.0. The molecule has 0 aliphatic rings. The van der Waals surface area contributed by atoms with Crippen LogP contribution in [0.25, 0.3) is 0 Å². The predicted octanol–water partition coefficient (Wildman–Crippen LogP) is 3.90. The number of anilines is 1. The van der Waals surface area contributed by atoms with Gasteiger partial charge in [-0.2, -0.15) is 9.63 Å². The number of Topliss-reactive ketones (excluding diaryl/α,β-unsaturated/α-hetero) is 1. The predicted molar refractivity (Wildman–Crippen MR) is 72.7 cm³/mol. The van der Waals surface area contributed by atoms with Crippen LogP contribution in [-0.2, 0) is 4.79 Å². The van der Waals surface area contributed by atoms with Crippen LogP contribution in [0.2, 0.25) is 5.02 Å². The maximum absolute atomic E-state index is 11.6. The Morgan fingerprint density at radius 2 is 1.82 bits per heavy atom. The van der Waals surface area contributed by atoms with Crippen LogP contribution >= 0.6 is 23.4 Å². The molecule has 0 saturated heterocycles. The molecule has 0 aliphatic heterocycles. The fourth-order valence-electron chi connectivity index (χ4n) is 0.928. The van der Waals surface area contributed by atoms with Crippen molar-refractivity contribution in [3.05, 3.63) is 29.3 Å². The summed E-state index contributed by atoms with van der Waals surface area (Å²) in [6.07, 6.45) is 1.22. The van der Waals surface area contributed by atoms with Gasteiger partial charge in [-0.1, -0.05) is 32.4 Å². The number of carbonyl (C=O) groups excluding carboxylic acids is 1. The summed E-state index contributed by atoms with van der Waals surface area (Å²) in [5, 5.41) is 4.49. The SMILES string of the molecule is CC(C)(C)C(=O)/C=N/N(Cl)c1ccc(Cl)cc1. The number of nitrogens with zero attached hydrogens (tertiary/aromatic N) is 2. The lowest BCUT2D eigenvalue weighted by atomic mass is 9.92. The van der Waals surface area contributed by atoms with Gasteiger partial charge in [0.2, 0.25) is 0 Å². The van der Waals surface area contributed by atoms with Crippen molar-refractivity contribution < 1.29 is 4.79 Å². The monoisotopic (exact) mass is 272 g/mol. The molecule has 0 aliphatic carbocycles. The van der Waals surface area contributed by atoms with E-state index < -0.39 is 5.41 Å². The summed E-state index contributed by atoms with van der Waals surface area (Å²) in [7, 11) is 0. The van der Waals surface area contributed by atoms with Crippen molar-refractivity contribution in [3.63, 3.8) is 0 Å². The molecule has 5 heteroatoms. The van der Waals surface area contributed by atoms with E-state index in [1.165, 1.54) is 6.21 Å². The average molecular weight is 273 g/mol. The first-order valence-corrected chi connectivity index (χ1v) is 5.82. The van der Waals surface area contributed by atoms with Gasteiger partial charge in [-0.15, -0.1) is 0 Å². The minimum Gasteiger partial charge on any atom is -0.292 e. The Kier molecular flexibility index (Phi) is 4.54. The topological polar surface area (TPSA) is 32.7 Å². The van der Waals surface area contributed by atoms with Gasteiger partial charge in [-0.25, -0.2) is 0 Å². The first-order chi connectivity index (χ1) is 7.80. The van der Waals surface area contributed by atoms with Gasteiger partial charge < -0.3 is 0 Å². The third kappa shape index (κ3) is 4.36. The highest BCUT2D eigenvalue weighted by Gasteiger charge is 2.19. The summed E-state index contributed by atoms with van der Waals surface area (Å²) in [6.45, 7) is 5.46. The van der Waals surface area contributed by atoms with Crippen LogP contribution in [0.1, 0.15) is 20.8 Å². The van der Waals surface area contributed by atoms with Gasteiger partial charge in [0, 0.05) is 22.2 Å². The minimum atomic E-state index is -0.457. The molecule has 0 N–H and O–H groups in total. The van der Waals surface area contributed by atoms with Gasteiger partial charge in [0.1, 0.15) is 0 Å². The van der Waals surface area contributed by atoms with Crippen LogP contribution in [-0.4, -0.2) is 12.0 Å². The summed E-state index contributed by atoms with van der Waals surface area (Å²) in [4.78, 5) is 11.6. The van der Waals surface area contributed by atoms with E-state index in [0.29, 0.717) is 10.7 Å². The van der Waals surface area contributed by atoms with Gasteiger partial charge >= 0.3 is 0 Å². The molecular weight excluding hydrogens is 259 g/mol. The molecule has 0 unspecified atom stereocenters. The number of ketones is 1. The molecule has 0 aromatic heterocycles. The standard InChI is InChI=1S/C12H14Cl2N2O/c1-12(2,3)11(17)8-15-16(14)10-6-4-9(13)5-7-10/h4-8H,1-3H3/b15-8+. The zero-order valence-corrected chi connectivity index (χ0v) is 11.5. The highest BCUT2D eigenvalue weighted by molar-refractivity contribution is 6.32. The van der Waals surface area contributed by atoms with E-state index in [4.69, 9.17) is 23.4 Å². The fourth-order valence-corrected chi connectivity index (χ4v) is 1.21. The molecule has 1 aromatic rings. The second kappa shape index (κ2) is 5.52. The quantitative estimate of drug-likeness (QED) is 0.475. The number of rotatable bonds is 3. The van der Waals surface area contributed by atoms with Crippen LogP contribution in [0.4, 0.5) is 5.69 Å². The van der Waals surface area contributed by atoms with E-state index >= 15 is 0 Å². The molecule has 1 aromatic carbocycles. The van der Waals surface area contributed by atoms with Crippen molar-refractivity contribution in [3.8, 4) is 0 Å². The van der Waals surface area contributed by atoms with Gasteiger partial charge in [0.05, 0.1) is 11.9 Å². The zero-order chi connectivity index (χ0) is 13.1. The van der Waals surface area contributed by atoms with Crippen LogP contribution in [0.3, 0.4) is 0 Å². The molecule has 0 fully saturated rings. The molecule has 0 bridgehead atoms. The molecule has 0 spiro atoms. The van der Waals surface area contributed by atoms with Crippen molar-refractivity contribution in [2.24, 2.45) is 10.5 Å². The molecule has 0 heterocycles. The van der Waals surface area contributed by atoms with E-state index in [2.05, 4.69) is 5.10 Å². The lowest BCUT2D eigenvalue weighted by Gasteiger charge is -2.14. The lowest BCUT2D eigenvalue weighted by molar-refractivity contribution is -0.119. The maximum Gasteiger partial charge on any atom is 0.180 e. The molecule has 92 valence electrons. The molecule has 17 heavy (non-hydrogen) atoms. The minimum absolute atomic E-state index is 0.0860. The van der Waals surface area contributed by atoms with Crippen molar-refractivity contribution >= 4 is 41.1 Å². The van der Waals surface area contributed by atoms with Crippen LogP contribution < -0.4 is 4.53 Å². The first-order valence-electron chi connectivity index (χ1n) is 5.10. The summed E-state index contributed by atoms with van der Waals surface area (Å²) >= 11 is 11.6. The van der Waals surface area contributed by atoms with E-state index in [1.54, 1.807) is 24.3 Å². The summed E-state index contributed by atoms with van der Waals surface area (Å²) in [6, 6.07) is 6.84. The van der Waals surface area contributed by atoms with E-state index in [9.17, 15) is 4.79 Å². The average Bonchev–Trinajstić information content (AvgIpc) is 2.25. The van der Waals surface area contributed by atoms with E-state index in [-0.39, 0.29) is 5.78 Å². The van der Waals surface area contributed by atoms with E-state index in [1.807, 2.05) is 20.8 Å². The number of benzene rings is 1. The molecule has 3 nitrogen and oxygen atoms in total. The Hall–Kier alpha value is -1.06. The molecule has 0 amide bonds. The second-order valence-electron chi connectivity index (χ2n) is 4.60. The third-order valence-electron chi connectivity index (χ3n) is 2.06. The van der Waals surface area contributed by atoms with Crippen molar-refractivity contribution in [1.82, 2.24) is 0 Å². The van der Waals surface area contributed by atoms with Crippen LogP contribution in [0.15, 0.2) is 29.4 Å². The Morgan fingerprint density at radius 1 is 1.29 bits per heavy atom. The number of hydrogen-bond acceptors (Lipinski definition) is 3. The van der Waals surface area contributed by atoms with Gasteiger partial charge in [0.15, 0.2) is 5.78 Å². The summed E-state index contributed by atoms with van der Waals surface area (Å²) in [5.74, 6) is -0.0860. The van der Waals surface area contributed by atoms with Crippen molar-refractivity contribution in [2.45, 2.75) is 20.8 Å². The fraction of sp³-hybridized carbons (Fsp3) is 0.333. The molecule has 0 saturated carbocycles. The normalized spacial score (nSPS) is 11.8. The largest absolute Gasteiger partial charge is 0.292 e. The zero-order valence-electron chi connectivity index (χ0n) is 9.95. The molecule has 1 rings (SSSR count). The van der Waals surface area contributed by atoms with Crippen LogP contribution in [0.5, 0.6) is 0 Å². The number of halogens is 2. The maximum atomic E-state index is 11.6. The Bertz CT molecular complexity index is 421. The van der Waals surface area contributed by atoms with E-state index in [0.717, 1.165) is 4.53 Å². The molecular formula is C12H14Cl2N2O. The Labute approximate surface area is 111 Å². The number of hydrazone groups is 1. The molecule has 0 radical (unpaired) electrons. The smallest absolute Gasteiger partial charge is 0.180 e. The van der Waals surface area contributed by atoms with Gasteiger partial charge in [-0.3, -0.25) is 4.79 Å². The highest BCUT2D eigenvalue weighted by atomic mass is 35.5. The number of carbonyl (C=O) groups is 1. The number of hydrogen-bond donors (Lipinski definition) is 0. The van der Waals surface area contributed by atoms with Gasteiger partial charge in [0.25, 0.3) is 0 Å². The van der Waals surface area contributed by atoms with Crippen molar-refractivity contribution in [2.75, 3.05) is 4.53 Å². The second-order valence-corrected chi connectivity index (χ2v) is 5.35. The van der Waals surface area contributed by atoms with Crippen molar-refractivity contribution in [1.29, 1.82) is 0 Å². The third-order valence-corrected chi connectivity index (χ3v) is 2.59.